The van der Waals surface area contributed by atoms with Crippen LogP contribution in [-0.2, 0) is 40.5 Å². The highest BCUT2D eigenvalue weighted by Crippen LogP contribution is 2.40. The van der Waals surface area contributed by atoms with Crippen molar-refractivity contribution in [1.29, 1.82) is 0 Å². The van der Waals surface area contributed by atoms with Gasteiger partial charge in [-0.15, -0.1) is 11.3 Å². The molecule has 0 fully saturated rings. The highest BCUT2D eigenvalue weighted by atomic mass is 32.2. The number of rotatable bonds is 30. The minimum absolute atomic E-state index is 0.00875. The number of furan rings is 1. The Labute approximate surface area is 812 Å². The maximum Gasteiger partial charge on any atom is 0.261 e. The lowest BCUT2D eigenvalue weighted by atomic mass is 9.99. The van der Waals surface area contributed by atoms with Crippen molar-refractivity contribution in [3.8, 4) is 141 Å². The van der Waals surface area contributed by atoms with E-state index in [0.717, 1.165) is 147 Å². The number of nitrogens with zero attached hydrogens (tertiary/aromatic N) is 6. The van der Waals surface area contributed by atoms with Crippen molar-refractivity contribution in [2.75, 3.05) is 45.6 Å². The van der Waals surface area contributed by atoms with Crippen LogP contribution in [-0.4, -0.2) is 123 Å². The molecule has 140 heavy (non-hydrogen) atoms. The lowest BCUT2D eigenvalue weighted by Crippen LogP contribution is -2.14. The standard InChI is InChI=1S/C24H21N3O2.C24H20N2O2.C22H19N3O3S.C22H18N2O3.C21H17N3O2S/c1-29-23-13-12-19(25-24(28)14-17-8-4-2-5-9-17)15-20(23)22-16-21(26-27-22)18-10-6-3-7-11-18;1-28-24-13-12-17(15-23(27)19-10-6-3-7-11-19)14-20(24)22-16-21(25-26-22)18-8-4-2-5-9-18;1-28-22-13-12-17(25-29(26,27)18-10-6-3-7-11-18)14-19(22)21-15-20(23-24-21)16-8-4-2-5-9-16;1-26-22-8-7-15(12-21(25)17-9-10-27-14-17)11-18(22)20-13-19(23-24-20)16-5-3-2-4-6-16;1-26-20-8-7-14(10-19(25)21-12-22-13-27-21)9-16(20)18-11-17(23-24-18)15-5-3-2-4-6-15/h2-13,15-16H,14H2,1H3,(H,25,28)(H,26,27);2-14,16H,15H2,1H3,(H,25,26);2-15,25H,1H3,(H,23,24);2-11,13-14H,12H2,1H3,(H,23,24);2-9,11-13H,10H2,1H3,(H,23,24). The van der Waals surface area contributed by atoms with E-state index in [4.69, 9.17) is 28.1 Å². The average molecular weight is 1890 g/mol. The fraction of sp³-hybridized carbons (Fsp3) is 0.0796. The van der Waals surface area contributed by atoms with Crippen LogP contribution < -0.4 is 33.7 Å². The number of H-pyrrole nitrogens is 5. The Morgan fingerprint density at radius 2 is 0.636 bits per heavy atom. The molecule has 0 saturated heterocycles. The summed E-state index contributed by atoms with van der Waals surface area (Å²) >= 11 is 1.36. The van der Waals surface area contributed by atoms with E-state index >= 15 is 0 Å². The quantitative estimate of drug-likeness (QED) is 0.0206. The van der Waals surface area contributed by atoms with Crippen LogP contribution in [0.1, 0.15) is 52.6 Å². The molecular formula is C113H95N13O12S2. The van der Waals surface area contributed by atoms with Crippen LogP contribution in [0.15, 0.2) is 404 Å². The maximum atomic E-state index is 12.6. The van der Waals surface area contributed by atoms with Crippen molar-refractivity contribution in [2.24, 2.45) is 0 Å². The monoisotopic (exact) mass is 1890 g/mol. The van der Waals surface area contributed by atoms with Gasteiger partial charge in [0.1, 0.15) is 35.0 Å². The highest BCUT2D eigenvalue weighted by Gasteiger charge is 2.23. The predicted octanol–water partition coefficient (Wildman–Crippen LogP) is 24.1. The minimum Gasteiger partial charge on any atom is -0.496 e. The highest BCUT2D eigenvalue weighted by molar-refractivity contribution is 7.92. The van der Waals surface area contributed by atoms with Crippen LogP contribution in [0, 0.1) is 0 Å². The van der Waals surface area contributed by atoms with Gasteiger partial charge in [-0.05, 0) is 144 Å². The Hall–Kier alpha value is -18.0. The zero-order chi connectivity index (χ0) is 96.9. The molecule has 25 nitrogen and oxygen atoms in total. The molecule has 7 N–H and O–H groups in total. The van der Waals surface area contributed by atoms with Crippen LogP contribution in [0.25, 0.3) is 113 Å². The molecule has 0 unspecified atom stereocenters. The zero-order valence-electron chi connectivity index (χ0n) is 76.8. The molecule has 7 aromatic heterocycles. The predicted molar refractivity (Wildman–Crippen MR) is 547 cm³/mol. The number of hydrogen-bond acceptors (Lipinski definition) is 19. The number of nitrogens with one attached hydrogen (secondary N) is 7. The van der Waals surface area contributed by atoms with Crippen molar-refractivity contribution < 1.29 is 55.7 Å². The summed E-state index contributed by atoms with van der Waals surface area (Å²) in [5.74, 6) is 3.58. The molecule has 0 atom stereocenters. The van der Waals surface area contributed by atoms with Gasteiger partial charge in [0.25, 0.3) is 10.0 Å². The number of sulfonamides is 1. The molecule has 0 aliphatic heterocycles. The molecule has 0 saturated carbocycles. The van der Waals surface area contributed by atoms with Crippen molar-refractivity contribution >= 4 is 56.0 Å². The number of thiazole rings is 1. The van der Waals surface area contributed by atoms with Crippen LogP contribution in [0.2, 0.25) is 0 Å². The van der Waals surface area contributed by atoms with Gasteiger partial charge in [0.2, 0.25) is 5.91 Å². The number of ketones is 3. The van der Waals surface area contributed by atoms with Crippen LogP contribution in [0.3, 0.4) is 0 Å². The third kappa shape index (κ3) is 24.6. The number of benzene rings is 13. The van der Waals surface area contributed by atoms with Crippen LogP contribution in [0.5, 0.6) is 28.7 Å². The Morgan fingerprint density at radius 3 is 0.979 bits per heavy atom. The number of ether oxygens (including phenoxy) is 5. The topological polar surface area (TPSA) is 342 Å². The van der Waals surface area contributed by atoms with Gasteiger partial charge in [-0.2, -0.15) is 25.5 Å². The minimum atomic E-state index is -3.69. The normalized spacial score (nSPS) is 10.8. The van der Waals surface area contributed by atoms with E-state index in [1.54, 1.807) is 102 Å². The van der Waals surface area contributed by atoms with Crippen LogP contribution in [0.4, 0.5) is 11.4 Å². The zero-order valence-corrected chi connectivity index (χ0v) is 78.4. The van der Waals surface area contributed by atoms with E-state index in [0.29, 0.717) is 63.7 Å². The number of carbonyl (C=O) groups is 4. The Morgan fingerprint density at radius 1 is 0.321 bits per heavy atom. The lowest BCUT2D eigenvalue weighted by molar-refractivity contribution is -0.115. The van der Waals surface area contributed by atoms with E-state index in [2.05, 4.69) is 66.0 Å². The molecule has 0 spiro atoms. The summed E-state index contributed by atoms with van der Waals surface area (Å²) in [6, 6.07) is 116. The molecule has 20 aromatic rings. The van der Waals surface area contributed by atoms with Gasteiger partial charge in [0.05, 0.1) is 126 Å². The number of amides is 1. The van der Waals surface area contributed by atoms with Gasteiger partial charge in [0.15, 0.2) is 17.3 Å². The second kappa shape index (κ2) is 46.3. The van der Waals surface area contributed by atoms with Gasteiger partial charge < -0.3 is 33.4 Å². The second-order valence-corrected chi connectivity index (χ2v) is 34.3. The first kappa shape index (κ1) is 95.2. The Kier molecular flexibility index (Phi) is 31.5. The molecule has 0 aliphatic rings. The fourth-order valence-electron chi connectivity index (χ4n) is 15.3. The van der Waals surface area contributed by atoms with E-state index in [9.17, 15) is 27.6 Å². The maximum absolute atomic E-state index is 12.6. The Balaban J connectivity index is 0.000000126. The Bertz CT molecular complexity index is 7440. The molecule has 7 heterocycles. The molecule has 0 radical (unpaired) electrons. The van der Waals surface area contributed by atoms with E-state index in [1.165, 1.54) is 23.9 Å². The summed E-state index contributed by atoms with van der Waals surface area (Å²) in [6.45, 7) is 0. The molecule has 0 bridgehead atoms. The summed E-state index contributed by atoms with van der Waals surface area (Å²) in [6.07, 6.45) is 5.84. The molecule has 696 valence electrons. The van der Waals surface area contributed by atoms with E-state index in [-0.39, 0.29) is 34.6 Å². The number of aromatic amines is 5. The van der Waals surface area contributed by atoms with Gasteiger partial charge in [-0.3, -0.25) is 54.4 Å². The smallest absolute Gasteiger partial charge is 0.261 e. The lowest BCUT2D eigenvalue weighted by Gasteiger charge is -2.12. The first-order valence-corrected chi connectivity index (χ1v) is 46.8. The number of hydrogen-bond donors (Lipinski definition) is 7. The third-order valence-electron chi connectivity index (χ3n) is 22.4. The van der Waals surface area contributed by atoms with E-state index < -0.39 is 10.0 Å². The van der Waals surface area contributed by atoms with Crippen molar-refractivity contribution in [1.82, 2.24) is 56.0 Å². The number of anilines is 2. The molecule has 1 amide bonds. The number of carbonyl (C=O) groups excluding carboxylic acids is 4. The molecule has 20 rings (SSSR count). The first-order chi connectivity index (χ1) is 68.5. The molecule has 27 heteroatoms. The SMILES string of the molecule is COc1ccc(CC(=O)c2ccccc2)cc1-c1cc(-c2ccccc2)n[nH]1.COc1ccc(CC(=O)c2ccoc2)cc1-c1cc(-c2ccccc2)n[nH]1.COc1ccc(CC(=O)c2cncs2)cc1-c1cc(-c2ccccc2)n[nH]1.COc1ccc(NC(=O)Cc2ccccc2)cc1-c1cc(-c2ccccc2)n[nH]1.COc1ccc(NS(=O)(=O)c2ccccc2)cc1-c1cc(-c2ccccc2)n[nH]1. The second-order valence-electron chi connectivity index (χ2n) is 31.8. The van der Waals surface area contributed by atoms with Crippen LogP contribution >= 0.6 is 11.3 Å². The van der Waals surface area contributed by atoms with Crippen molar-refractivity contribution in [3.05, 3.63) is 433 Å². The van der Waals surface area contributed by atoms with E-state index in [1.807, 2.05) is 315 Å². The summed E-state index contributed by atoms with van der Waals surface area (Å²) in [5, 5.41) is 40.3. The molecule has 13 aromatic carbocycles. The van der Waals surface area contributed by atoms with Gasteiger partial charge in [-0.1, -0.05) is 249 Å². The van der Waals surface area contributed by atoms with Gasteiger partial charge in [-0.25, -0.2) is 8.42 Å². The molecule has 0 aliphatic carbocycles. The first-order valence-electron chi connectivity index (χ1n) is 44.4. The summed E-state index contributed by atoms with van der Waals surface area (Å²) in [4.78, 5) is 54.5. The average Bonchev–Trinajstić information content (AvgIpc) is 1.58. The largest absolute Gasteiger partial charge is 0.496 e. The van der Waals surface area contributed by atoms with Gasteiger partial charge >= 0.3 is 0 Å². The summed E-state index contributed by atoms with van der Waals surface area (Å²) in [7, 11) is 4.41. The number of methoxy groups -OCH3 is 5. The summed E-state index contributed by atoms with van der Waals surface area (Å²) < 4.78 is 60.4. The van der Waals surface area contributed by atoms with Crippen molar-refractivity contribution in [3.63, 3.8) is 0 Å². The third-order valence-corrected chi connectivity index (χ3v) is 24.6. The summed E-state index contributed by atoms with van der Waals surface area (Å²) in [5.41, 5.74) is 25.4. The van der Waals surface area contributed by atoms with Gasteiger partial charge in [0, 0.05) is 98.0 Å². The number of aromatic nitrogens is 11. The molecular weight excluding hydrogens is 1800 g/mol. The van der Waals surface area contributed by atoms with Crippen molar-refractivity contribution in [2.45, 2.75) is 30.6 Å². The number of Topliss-reactive ketones (excluding diaryl/α,β-unsaturated/α-hetero) is 3. The fourth-order valence-corrected chi connectivity index (χ4v) is 17.0.